The molecule has 0 aliphatic carbocycles. The van der Waals surface area contributed by atoms with Gasteiger partial charge in [0, 0.05) is 24.7 Å². The molecule has 1 N–H and O–H groups in total. The molecule has 2 aromatic carbocycles. The molecule has 1 aliphatic heterocycles. The molecule has 1 heterocycles. The summed E-state index contributed by atoms with van der Waals surface area (Å²) in [6.45, 7) is 7.15. The average Bonchev–Trinajstić information content (AvgIpc) is 2.71. The van der Waals surface area contributed by atoms with Crippen LogP contribution in [-0.4, -0.2) is 42.5 Å². The third-order valence-corrected chi connectivity index (χ3v) is 5.50. The number of amides is 2. The molecule has 6 heteroatoms. The highest BCUT2D eigenvalue weighted by atomic mass is 19.1. The quantitative estimate of drug-likeness (QED) is 0.838. The Bertz CT molecular complexity index is 888. The van der Waals surface area contributed by atoms with Crippen molar-refractivity contribution in [3.63, 3.8) is 0 Å². The number of rotatable bonds is 5. The molecule has 0 aromatic heterocycles. The highest BCUT2D eigenvalue weighted by molar-refractivity contribution is 5.94. The third kappa shape index (κ3) is 5.13. The van der Waals surface area contributed by atoms with Crippen molar-refractivity contribution in [1.29, 1.82) is 0 Å². The second-order valence-electron chi connectivity index (χ2n) is 7.58. The van der Waals surface area contributed by atoms with E-state index in [1.54, 1.807) is 4.90 Å². The van der Waals surface area contributed by atoms with Gasteiger partial charge in [0.15, 0.2) is 6.61 Å². The van der Waals surface area contributed by atoms with Crippen LogP contribution in [0, 0.1) is 26.6 Å². The highest BCUT2D eigenvalue weighted by Gasteiger charge is 2.24. The monoisotopic (exact) mass is 398 g/mol. The second-order valence-corrected chi connectivity index (χ2v) is 7.58. The van der Waals surface area contributed by atoms with Crippen molar-refractivity contribution in [2.75, 3.05) is 19.7 Å². The number of halogens is 1. The zero-order valence-electron chi connectivity index (χ0n) is 17.1. The lowest BCUT2D eigenvalue weighted by Crippen LogP contribution is -2.47. The first-order valence-corrected chi connectivity index (χ1v) is 9.89. The van der Waals surface area contributed by atoms with Crippen molar-refractivity contribution in [3.05, 3.63) is 64.5 Å². The van der Waals surface area contributed by atoms with Crippen molar-refractivity contribution >= 4 is 11.8 Å². The zero-order valence-corrected chi connectivity index (χ0v) is 17.1. The Hall–Kier alpha value is -2.89. The van der Waals surface area contributed by atoms with Crippen LogP contribution in [0.5, 0.6) is 5.75 Å². The summed E-state index contributed by atoms with van der Waals surface area (Å²) in [6, 6.07) is 9.52. The van der Waals surface area contributed by atoms with Gasteiger partial charge in [-0.3, -0.25) is 9.59 Å². The Balaban J connectivity index is 1.48. The predicted molar refractivity (Wildman–Crippen MR) is 110 cm³/mol. The second kappa shape index (κ2) is 9.07. The van der Waals surface area contributed by atoms with Crippen molar-refractivity contribution in [2.24, 2.45) is 0 Å². The third-order valence-electron chi connectivity index (χ3n) is 5.50. The standard InChI is InChI=1S/C23H27FN2O3/c1-15-4-5-16(2)22(17(15)3)29-14-21(27)26-12-10-20(11-13-26)25-23(28)18-6-8-19(24)9-7-18/h4-9,20H,10-14H2,1-3H3,(H,25,28). The summed E-state index contributed by atoms with van der Waals surface area (Å²) in [4.78, 5) is 26.6. The molecule has 0 spiro atoms. The van der Waals surface area contributed by atoms with Gasteiger partial charge in [-0.15, -0.1) is 0 Å². The van der Waals surface area contributed by atoms with Crippen LogP contribution in [0.25, 0.3) is 0 Å². The van der Waals surface area contributed by atoms with Crippen molar-refractivity contribution in [2.45, 2.75) is 39.7 Å². The van der Waals surface area contributed by atoms with E-state index in [1.165, 1.54) is 24.3 Å². The van der Waals surface area contributed by atoms with Crippen LogP contribution in [0.15, 0.2) is 36.4 Å². The van der Waals surface area contributed by atoms with Gasteiger partial charge in [0.1, 0.15) is 11.6 Å². The highest BCUT2D eigenvalue weighted by Crippen LogP contribution is 2.25. The Labute approximate surface area is 170 Å². The number of hydrogen-bond acceptors (Lipinski definition) is 3. The number of carbonyl (C=O) groups excluding carboxylic acids is 2. The van der Waals surface area contributed by atoms with Crippen LogP contribution in [0.1, 0.15) is 39.9 Å². The van der Waals surface area contributed by atoms with E-state index in [-0.39, 0.29) is 30.3 Å². The molecule has 5 nitrogen and oxygen atoms in total. The summed E-state index contributed by atoms with van der Waals surface area (Å²) in [5.74, 6) is 0.142. The zero-order chi connectivity index (χ0) is 21.0. The van der Waals surface area contributed by atoms with E-state index < -0.39 is 0 Å². The van der Waals surface area contributed by atoms with Gasteiger partial charge >= 0.3 is 0 Å². The number of aryl methyl sites for hydroxylation is 2. The maximum Gasteiger partial charge on any atom is 0.260 e. The molecule has 0 unspecified atom stereocenters. The lowest BCUT2D eigenvalue weighted by molar-refractivity contribution is -0.134. The smallest absolute Gasteiger partial charge is 0.260 e. The fourth-order valence-electron chi connectivity index (χ4n) is 3.52. The van der Waals surface area contributed by atoms with E-state index in [9.17, 15) is 14.0 Å². The molecule has 2 aromatic rings. The molecule has 29 heavy (non-hydrogen) atoms. The predicted octanol–water partition coefficient (Wildman–Crippen LogP) is 3.55. The maximum absolute atomic E-state index is 13.0. The van der Waals surface area contributed by atoms with Gasteiger partial charge in [-0.2, -0.15) is 0 Å². The molecular weight excluding hydrogens is 371 g/mol. The minimum Gasteiger partial charge on any atom is -0.483 e. The van der Waals surface area contributed by atoms with Crippen LogP contribution in [0.3, 0.4) is 0 Å². The average molecular weight is 398 g/mol. The number of piperidine rings is 1. The van der Waals surface area contributed by atoms with Crippen molar-refractivity contribution < 1.29 is 18.7 Å². The summed E-state index contributed by atoms with van der Waals surface area (Å²) in [5.41, 5.74) is 3.64. The summed E-state index contributed by atoms with van der Waals surface area (Å²) in [5, 5.41) is 2.96. The Morgan fingerprint density at radius 1 is 1.03 bits per heavy atom. The first-order valence-electron chi connectivity index (χ1n) is 9.89. The number of benzene rings is 2. The van der Waals surface area contributed by atoms with E-state index in [0.717, 1.165) is 22.4 Å². The van der Waals surface area contributed by atoms with Crippen molar-refractivity contribution in [1.82, 2.24) is 10.2 Å². The first-order chi connectivity index (χ1) is 13.8. The molecule has 0 bridgehead atoms. The molecule has 1 aliphatic rings. The molecule has 0 saturated carbocycles. The van der Waals surface area contributed by atoms with E-state index in [4.69, 9.17) is 4.74 Å². The number of nitrogens with one attached hydrogen (secondary N) is 1. The normalized spacial score (nSPS) is 14.6. The fourth-order valence-corrected chi connectivity index (χ4v) is 3.52. The maximum atomic E-state index is 13.0. The van der Waals surface area contributed by atoms with Gasteiger partial charge in [-0.05, 0) is 74.6 Å². The molecule has 1 fully saturated rings. The van der Waals surface area contributed by atoms with Gasteiger partial charge < -0.3 is 15.0 Å². The molecule has 0 radical (unpaired) electrons. The largest absolute Gasteiger partial charge is 0.483 e. The molecule has 0 atom stereocenters. The van der Waals surface area contributed by atoms with Gasteiger partial charge in [-0.25, -0.2) is 4.39 Å². The van der Waals surface area contributed by atoms with Crippen LogP contribution < -0.4 is 10.1 Å². The van der Waals surface area contributed by atoms with Crippen molar-refractivity contribution in [3.8, 4) is 5.75 Å². The number of nitrogens with zero attached hydrogens (tertiary/aromatic N) is 1. The Morgan fingerprint density at radius 2 is 1.66 bits per heavy atom. The van der Waals surface area contributed by atoms with E-state index >= 15 is 0 Å². The van der Waals surface area contributed by atoms with Crippen LogP contribution in [0.2, 0.25) is 0 Å². The van der Waals surface area contributed by atoms with Gasteiger partial charge in [0.2, 0.25) is 0 Å². The van der Waals surface area contributed by atoms with E-state index in [0.29, 0.717) is 31.5 Å². The van der Waals surface area contributed by atoms with E-state index in [1.807, 2.05) is 32.9 Å². The molecule has 3 rings (SSSR count). The lowest BCUT2D eigenvalue weighted by atomic mass is 10.0. The van der Waals surface area contributed by atoms with Crippen LogP contribution >= 0.6 is 0 Å². The minimum absolute atomic E-state index is 0.00113. The lowest BCUT2D eigenvalue weighted by Gasteiger charge is -2.32. The number of carbonyl (C=O) groups is 2. The Kier molecular flexibility index (Phi) is 6.52. The topological polar surface area (TPSA) is 58.6 Å². The number of likely N-dealkylation sites (tertiary alicyclic amines) is 1. The summed E-state index contributed by atoms with van der Waals surface area (Å²) in [7, 11) is 0. The fraction of sp³-hybridized carbons (Fsp3) is 0.391. The van der Waals surface area contributed by atoms with Crippen LogP contribution in [-0.2, 0) is 4.79 Å². The van der Waals surface area contributed by atoms with Crippen LogP contribution in [0.4, 0.5) is 4.39 Å². The summed E-state index contributed by atoms with van der Waals surface area (Å²) in [6.07, 6.45) is 1.36. The van der Waals surface area contributed by atoms with Gasteiger partial charge in [0.05, 0.1) is 0 Å². The van der Waals surface area contributed by atoms with Gasteiger partial charge in [0.25, 0.3) is 11.8 Å². The Morgan fingerprint density at radius 3 is 2.31 bits per heavy atom. The SMILES string of the molecule is Cc1ccc(C)c(OCC(=O)N2CCC(NC(=O)c3ccc(F)cc3)CC2)c1C. The van der Waals surface area contributed by atoms with Gasteiger partial charge in [-0.1, -0.05) is 12.1 Å². The number of hydrogen-bond donors (Lipinski definition) is 1. The molecule has 2 amide bonds. The first kappa shape index (κ1) is 20.8. The molecular formula is C23H27FN2O3. The van der Waals surface area contributed by atoms with E-state index in [2.05, 4.69) is 5.32 Å². The summed E-state index contributed by atoms with van der Waals surface area (Å²) < 4.78 is 18.8. The summed E-state index contributed by atoms with van der Waals surface area (Å²) >= 11 is 0. The molecule has 154 valence electrons. The minimum atomic E-state index is -0.369. The molecule has 1 saturated heterocycles. The number of ether oxygens (including phenoxy) is 1.